The summed E-state index contributed by atoms with van der Waals surface area (Å²) >= 11 is 0. The maximum Gasteiger partial charge on any atom is 0.227 e. The van der Waals surface area contributed by atoms with Gasteiger partial charge in [-0.25, -0.2) is 4.39 Å². The highest BCUT2D eigenvalue weighted by Gasteiger charge is 2.26. The third-order valence-corrected chi connectivity index (χ3v) is 4.87. The van der Waals surface area contributed by atoms with Gasteiger partial charge in [0, 0.05) is 38.6 Å². The van der Waals surface area contributed by atoms with Crippen LogP contribution in [-0.2, 0) is 16.0 Å². The van der Waals surface area contributed by atoms with Gasteiger partial charge in [0.2, 0.25) is 11.8 Å². The minimum atomic E-state index is -0.344. The summed E-state index contributed by atoms with van der Waals surface area (Å²) in [6.07, 6.45) is 2.82. The number of carbonyl (C=O) groups excluding carboxylic acids is 2. The Bertz CT molecular complexity index is 600. The van der Waals surface area contributed by atoms with Crippen molar-refractivity contribution in [1.29, 1.82) is 0 Å². The Hall–Kier alpha value is -1.66. The molecule has 1 atom stereocenters. The van der Waals surface area contributed by atoms with Gasteiger partial charge in [-0.05, 0) is 31.0 Å². The maximum absolute atomic E-state index is 13.6. The third kappa shape index (κ3) is 5.16. The molecule has 1 aromatic rings. The van der Waals surface area contributed by atoms with E-state index in [4.69, 9.17) is 0 Å². The summed E-state index contributed by atoms with van der Waals surface area (Å²) in [7, 11) is 0. The van der Waals surface area contributed by atoms with Crippen LogP contribution in [-0.4, -0.2) is 60.4 Å². The largest absolute Gasteiger partial charge is 0.339 e. The van der Waals surface area contributed by atoms with Crippen molar-refractivity contribution in [2.45, 2.75) is 31.7 Å². The summed E-state index contributed by atoms with van der Waals surface area (Å²) in [4.78, 5) is 28.2. The zero-order valence-electron chi connectivity index (χ0n) is 14.2. The molecule has 0 aliphatic carbocycles. The first-order valence-electron chi connectivity index (χ1n) is 8.66. The molecule has 1 aromatic carbocycles. The molecular formula is C18H25ClFN3O2. The van der Waals surface area contributed by atoms with E-state index in [1.54, 1.807) is 23.1 Å². The fourth-order valence-corrected chi connectivity index (χ4v) is 3.39. The Balaban J connectivity index is 0.00000225. The predicted octanol–water partition coefficient (Wildman–Crippen LogP) is 1.60. The molecule has 25 heavy (non-hydrogen) atoms. The van der Waals surface area contributed by atoms with Gasteiger partial charge in [0.15, 0.2) is 0 Å². The van der Waals surface area contributed by atoms with Crippen molar-refractivity contribution in [2.24, 2.45) is 0 Å². The Morgan fingerprint density at radius 1 is 1.08 bits per heavy atom. The highest BCUT2D eigenvalue weighted by Crippen LogP contribution is 2.13. The minimum Gasteiger partial charge on any atom is -0.339 e. The summed E-state index contributed by atoms with van der Waals surface area (Å²) < 4.78 is 13.6. The van der Waals surface area contributed by atoms with Crippen LogP contribution in [0.25, 0.3) is 0 Å². The lowest BCUT2D eigenvalue weighted by molar-refractivity contribution is -0.139. The van der Waals surface area contributed by atoms with Crippen molar-refractivity contribution in [2.75, 3.05) is 32.7 Å². The zero-order valence-corrected chi connectivity index (χ0v) is 15.1. The lowest BCUT2D eigenvalue weighted by Gasteiger charge is -2.35. The normalized spacial score (nSPS) is 20.3. The standard InChI is InChI=1S/C18H24FN3O2.ClH/c19-16-6-2-1-4-14(16)12-17(23)21-8-10-22(11-9-21)18(24)13-15-5-3-7-20-15;/h1-2,4,6,15,20H,3,5,7-13H2;1H. The molecule has 2 aliphatic heterocycles. The quantitative estimate of drug-likeness (QED) is 0.877. The van der Waals surface area contributed by atoms with Crippen LogP contribution >= 0.6 is 12.4 Å². The first-order valence-corrected chi connectivity index (χ1v) is 8.66. The first kappa shape index (κ1) is 19.7. The van der Waals surface area contributed by atoms with E-state index in [1.807, 2.05) is 4.90 Å². The molecule has 1 unspecified atom stereocenters. The number of rotatable bonds is 4. The molecule has 5 nitrogen and oxygen atoms in total. The number of hydrogen-bond donors (Lipinski definition) is 1. The molecule has 0 radical (unpaired) electrons. The second kappa shape index (κ2) is 9.15. The topological polar surface area (TPSA) is 52.7 Å². The van der Waals surface area contributed by atoms with E-state index < -0.39 is 0 Å². The lowest BCUT2D eigenvalue weighted by atomic mass is 10.1. The minimum absolute atomic E-state index is 0. The number of piperazine rings is 1. The Kier molecular flexibility index (Phi) is 7.20. The van der Waals surface area contributed by atoms with Gasteiger partial charge >= 0.3 is 0 Å². The van der Waals surface area contributed by atoms with E-state index in [0.29, 0.717) is 44.2 Å². The van der Waals surface area contributed by atoms with E-state index in [0.717, 1.165) is 19.4 Å². The fourth-order valence-electron chi connectivity index (χ4n) is 3.39. The molecule has 0 spiro atoms. The average molecular weight is 370 g/mol. The van der Waals surface area contributed by atoms with E-state index in [1.165, 1.54) is 6.07 Å². The monoisotopic (exact) mass is 369 g/mol. The van der Waals surface area contributed by atoms with Crippen LogP contribution in [0.3, 0.4) is 0 Å². The van der Waals surface area contributed by atoms with Crippen LogP contribution in [0.15, 0.2) is 24.3 Å². The van der Waals surface area contributed by atoms with Crippen molar-refractivity contribution in [3.63, 3.8) is 0 Å². The van der Waals surface area contributed by atoms with E-state index in [9.17, 15) is 14.0 Å². The number of nitrogens with one attached hydrogen (secondary N) is 1. The molecule has 2 aliphatic rings. The number of benzene rings is 1. The van der Waals surface area contributed by atoms with Crippen LogP contribution in [0.1, 0.15) is 24.8 Å². The van der Waals surface area contributed by atoms with Gasteiger partial charge in [0.25, 0.3) is 0 Å². The molecule has 2 fully saturated rings. The van der Waals surface area contributed by atoms with Crippen molar-refractivity contribution < 1.29 is 14.0 Å². The predicted molar refractivity (Wildman–Crippen MR) is 96.2 cm³/mol. The number of halogens is 2. The van der Waals surface area contributed by atoms with E-state index >= 15 is 0 Å². The molecular weight excluding hydrogens is 345 g/mol. The third-order valence-electron chi connectivity index (χ3n) is 4.87. The highest BCUT2D eigenvalue weighted by molar-refractivity contribution is 5.85. The van der Waals surface area contributed by atoms with E-state index in [-0.39, 0.29) is 36.5 Å². The highest BCUT2D eigenvalue weighted by atomic mass is 35.5. The van der Waals surface area contributed by atoms with E-state index in [2.05, 4.69) is 5.32 Å². The van der Waals surface area contributed by atoms with Crippen LogP contribution in [0.5, 0.6) is 0 Å². The van der Waals surface area contributed by atoms with Gasteiger partial charge in [-0.3, -0.25) is 9.59 Å². The van der Waals surface area contributed by atoms with Crippen molar-refractivity contribution in [1.82, 2.24) is 15.1 Å². The van der Waals surface area contributed by atoms with Crippen molar-refractivity contribution in [3.05, 3.63) is 35.6 Å². The number of amides is 2. The zero-order chi connectivity index (χ0) is 16.9. The Morgan fingerprint density at radius 3 is 2.32 bits per heavy atom. The first-order chi connectivity index (χ1) is 11.6. The number of carbonyl (C=O) groups is 2. The fraction of sp³-hybridized carbons (Fsp3) is 0.556. The summed E-state index contributed by atoms with van der Waals surface area (Å²) in [6, 6.07) is 6.67. The van der Waals surface area contributed by atoms with Gasteiger partial charge in [-0.15, -0.1) is 12.4 Å². The summed E-state index contributed by atoms with van der Waals surface area (Å²) in [6.45, 7) is 3.17. The molecule has 138 valence electrons. The average Bonchev–Trinajstić information content (AvgIpc) is 3.10. The van der Waals surface area contributed by atoms with Gasteiger partial charge in [-0.1, -0.05) is 18.2 Å². The molecule has 2 heterocycles. The van der Waals surface area contributed by atoms with Crippen LogP contribution in [0.2, 0.25) is 0 Å². The molecule has 0 bridgehead atoms. The van der Waals surface area contributed by atoms with Crippen LogP contribution in [0, 0.1) is 5.82 Å². The van der Waals surface area contributed by atoms with Gasteiger partial charge in [0.1, 0.15) is 5.82 Å². The van der Waals surface area contributed by atoms with Crippen molar-refractivity contribution >= 4 is 24.2 Å². The molecule has 2 amide bonds. The molecule has 0 aromatic heterocycles. The van der Waals surface area contributed by atoms with Gasteiger partial charge < -0.3 is 15.1 Å². The SMILES string of the molecule is Cl.O=C(Cc1ccccc1F)N1CCN(C(=O)CC2CCCN2)CC1. The Labute approximate surface area is 154 Å². The summed E-state index contributed by atoms with van der Waals surface area (Å²) in [5, 5.41) is 3.34. The summed E-state index contributed by atoms with van der Waals surface area (Å²) in [5.74, 6) is -0.260. The molecule has 3 rings (SSSR count). The van der Waals surface area contributed by atoms with Crippen LogP contribution in [0.4, 0.5) is 4.39 Å². The maximum atomic E-state index is 13.6. The van der Waals surface area contributed by atoms with Crippen LogP contribution < -0.4 is 5.32 Å². The lowest BCUT2D eigenvalue weighted by Crippen LogP contribution is -2.51. The van der Waals surface area contributed by atoms with Gasteiger partial charge in [-0.2, -0.15) is 0 Å². The second-order valence-electron chi connectivity index (χ2n) is 6.53. The molecule has 1 N–H and O–H groups in total. The second-order valence-corrected chi connectivity index (χ2v) is 6.53. The van der Waals surface area contributed by atoms with Crippen molar-refractivity contribution in [3.8, 4) is 0 Å². The summed E-state index contributed by atoms with van der Waals surface area (Å²) in [5.41, 5.74) is 0.424. The van der Waals surface area contributed by atoms with Gasteiger partial charge in [0.05, 0.1) is 6.42 Å². The molecule has 2 saturated heterocycles. The number of nitrogens with zero attached hydrogens (tertiary/aromatic N) is 2. The molecule has 0 saturated carbocycles. The smallest absolute Gasteiger partial charge is 0.227 e. The number of hydrogen-bond acceptors (Lipinski definition) is 3. The molecule has 7 heteroatoms. The Morgan fingerprint density at radius 2 is 1.72 bits per heavy atom.